The third-order valence-corrected chi connectivity index (χ3v) is 4.97. The largest absolute Gasteiger partial charge is 0.506 e. The molecular weight excluding hydrogens is 310 g/mol. The maximum absolute atomic E-state index is 11.9. The number of aromatic hydroxyl groups is 1. The number of esters is 1. The van der Waals surface area contributed by atoms with Crippen LogP contribution in [-0.2, 0) is 16.0 Å². The third kappa shape index (κ3) is 2.63. The minimum Gasteiger partial charge on any atom is -0.506 e. The second-order valence-electron chi connectivity index (χ2n) is 4.84. The molecule has 1 aliphatic carbocycles. The predicted octanol–water partition coefficient (Wildman–Crippen LogP) is 3.76. The van der Waals surface area contributed by atoms with E-state index in [0.29, 0.717) is 11.6 Å². The highest BCUT2D eigenvalue weighted by Gasteiger charge is 2.33. The van der Waals surface area contributed by atoms with E-state index < -0.39 is 0 Å². The molecule has 3 rings (SSSR count). The standard InChI is InChI=1S/C15H14ClNO3S/c1-2-20-15(19)9-4-6-12-13(9)17-14(21-12)8-3-5-11(18)10(16)7-8/h3,5,7,9,18H,2,4,6H2,1H3. The summed E-state index contributed by atoms with van der Waals surface area (Å²) in [5, 5.41) is 10.6. The summed E-state index contributed by atoms with van der Waals surface area (Å²) in [5.74, 6) is -0.400. The lowest BCUT2D eigenvalue weighted by molar-refractivity contribution is -0.145. The molecule has 110 valence electrons. The Morgan fingerprint density at radius 1 is 1.57 bits per heavy atom. The first-order valence-corrected chi connectivity index (χ1v) is 7.94. The fourth-order valence-electron chi connectivity index (χ4n) is 2.46. The van der Waals surface area contributed by atoms with Gasteiger partial charge in [0, 0.05) is 10.4 Å². The van der Waals surface area contributed by atoms with Crippen LogP contribution in [0.15, 0.2) is 18.2 Å². The number of rotatable bonds is 3. The van der Waals surface area contributed by atoms with Crippen molar-refractivity contribution in [3.05, 3.63) is 33.8 Å². The molecule has 0 aliphatic heterocycles. The number of halogens is 1. The maximum Gasteiger partial charge on any atom is 0.315 e. The average molecular weight is 324 g/mol. The number of fused-ring (bicyclic) bond motifs is 1. The monoisotopic (exact) mass is 323 g/mol. The highest BCUT2D eigenvalue weighted by Crippen LogP contribution is 2.41. The molecule has 21 heavy (non-hydrogen) atoms. The molecule has 0 fully saturated rings. The first kappa shape index (κ1) is 14.4. The molecular formula is C15H14ClNO3S. The van der Waals surface area contributed by atoms with Crippen molar-refractivity contribution in [2.24, 2.45) is 0 Å². The number of benzene rings is 1. The molecule has 2 aromatic rings. The third-order valence-electron chi connectivity index (χ3n) is 3.48. The number of aromatic nitrogens is 1. The zero-order valence-electron chi connectivity index (χ0n) is 11.4. The van der Waals surface area contributed by atoms with Crippen molar-refractivity contribution in [3.63, 3.8) is 0 Å². The predicted molar refractivity (Wildman–Crippen MR) is 81.9 cm³/mol. The van der Waals surface area contributed by atoms with Crippen LogP contribution in [-0.4, -0.2) is 22.7 Å². The molecule has 1 N–H and O–H groups in total. The summed E-state index contributed by atoms with van der Waals surface area (Å²) in [7, 11) is 0. The van der Waals surface area contributed by atoms with Crippen LogP contribution in [0.4, 0.5) is 0 Å². The number of nitrogens with zero attached hydrogens (tertiary/aromatic N) is 1. The molecule has 1 atom stereocenters. The first-order valence-electron chi connectivity index (χ1n) is 6.75. The number of carbonyl (C=O) groups excluding carboxylic acids is 1. The molecule has 6 heteroatoms. The number of carbonyl (C=O) groups is 1. The van der Waals surface area contributed by atoms with Gasteiger partial charge < -0.3 is 9.84 Å². The van der Waals surface area contributed by atoms with Crippen molar-refractivity contribution in [2.45, 2.75) is 25.7 Å². The van der Waals surface area contributed by atoms with Gasteiger partial charge in [-0.3, -0.25) is 4.79 Å². The minimum absolute atomic E-state index is 0.0499. The van der Waals surface area contributed by atoms with E-state index in [2.05, 4.69) is 4.98 Å². The van der Waals surface area contributed by atoms with Gasteiger partial charge in [0.05, 0.1) is 17.3 Å². The number of ether oxygens (including phenoxy) is 1. The van der Waals surface area contributed by atoms with Crippen LogP contribution in [0.2, 0.25) is 5.02 Å². The van der Waals surface area contributed by atoms with Gasteiger partial charge in [-0.25, -0.2) is 4.98 Å². The molecule has 1 aromatic carbocycles. The lowest BCUT2D eigenvalue weighted by Gasteiger charge is -2.07. The van der Waals surface area contributed by atoms with Gasteiger partial charge in [0.2, 0.25) is 0 Å². The molecule has 0 bridgehead atoms. The lowest BCUT2D eigenvalue weighted by Crippen LogP contribution is -2.14. The van der Waals surface area contributed by atoms with E-state index in [0.717, 1.165) is 34.0 Å². The summed E-state index contributed by atoms with van der Waals surface area (Å²) in [4.78, 5) is 17.7. The van der Waals surface area contributed by atoms with Crippen molar-refractivity contribution in [1.29, 1.82) is 0 Å². The molecule has 1 aliphatic rings. The van der Waals surface area contributed by atoms with E-state index in [4.69, 9.17) is 16.3 Å². The van der Waals surface area contributed by atoms with Crippen molar-refractivity contribution in [3.8, 4) is 16.3 Å². The number of phenols is 1. The maximum atomic E-state index is 11.9. The van der Waals surface area contributed by atoms with Crippen LogP contribution >= 0.6 is 22.9 Å². The number of phenolic OH excluding ortho intramolecular Hbond substituents is 1. The summed E-state index contributed by atoms with van der Waals surface area (Å²) in [6, 6.07) is 5.01. The second kappa shape index (κ2) is 5.66. The molecule has 1 heterocycles. The van der Waals surface area contributed by atoms with Crippen LogP contribution in [0.5, 0.6) is 5.75 Å². The van der Waals surface area contributed by atoms with Crippen molar-refractivity contribution in [2.75, 3.05) is 6.61 Å². The van der Waals surface area contributed by atoms with Crippen molar-refractivity contribution < 1.29 is 14.6 Å². The molecule has 0 amide bonds. The fraction of sp³-hybridized carbons (Fsp3) is 0.333. The van der Waals surface area contributed by atoms with Gasteiger partial charge >= 0.3 is 5.97 Å². The minimum atomic E-state index is -0.252. The van der Waals surface area contributed by atoms with Crippen LogP contribution < -0.4 is 0 Å². The number of aryl methyl sites for hydroxylation is 1. The lowest BCUT2D eigenvalue weighted by atomic mass is 10.1. The number of hydrogen-bond donors (Lipinski definition) is 1. The quantitative estimate of drug-likeness (QED) is 0.874. The Hall–Kier alpha value is -1.59. The molecule has 0 spiro atoms. The highest BCUT2D eigenvalue weighted by molar-refractivity contribution is 7.15. The Labute approximate surface area is 131 Å². The highest BCUT2D eigenvalue weighted by atomic mass is 35.5. The van der Waals surface area contributed by atoms with E-state index in [1.807, 2.05) is 0 Å². The van der Waals surface area contributed by atoms with Crippen molar-refractivity contribution >= 4 is 28.9 Å². The van der Waals surface area contributed by atoms with Gasteiger partial charge in [-0.1, -0.05) is 11.6 Å². The average Bonchev–Trinajstić information content (AvgIpc) is 3.01. The zero-order chi connectivity index (χ0) is 15.0. The van der Waals surface area contributed by atoms with Gasteiger partial charge in [0.25, 0.3) is 0 Å². The summed E-state index contributed by atoms with van der Waals surface area (Å²) in [6.45, 7) is 2.19. The van der Waals surface area contributed by atoms with E-state index in [9.17, 15) is 9.90 Å². The number of hydrogen-bond acceptors (Lipinski definition) is 5. The molecule has 0 saturated carbocycles. The van der Waals surface area contributed by atoms with Crippen LogP contribution in [0.1, 0.15) is 29.8 Å². The summed E-state index contributed by atoms with van der Waals surface area (Å²) in [5.41, 5.74) is 1.68. The molecule has 1 unspecified atom stereocenters. The summed E-state index contributed by atoms with van der Waals surface area (Å²) < 4.78 is 5.10. The summed E-state index contributed by atoms with van der Waals surface area (Å²) in [6.07, 6.45) is 1.62. The molecule has 0 radical (unpaired) electrons. The van der Waals surface area contributed by atoms with Crippen LogP contribution in [0.3, 0.4) is 0 Å². The SMILES string of the molecule is CCOC(=O)C1CCc2sc(-c3ccc(O)c(Cl)c3)nc21. The Balaban J connectivity index is 1.92. The van der Waals surface area contributed by atoms with Gasteiger partial charge in [0.1, 0.15) is 16.7 Å². The topological polar surface area (TPSA) is 59.4 Å². The van der Waals surface area contributed by atoms with Gasteiger partial charge in [0.15, 0.2) is 0 Å². The molecule has 4 nitrogen and oxygen atoms in total. The molecule has 1 aromatic heterocycles. The van der Waals surface area contributed by atoms with E-state index >= 15 is 0 Å². The van der Waals surface area contributed by atoms with Crippen molar-refractivity contribution in [1.82, 2.24) is 4.98 Å². The van der Waals surface area contributed by atoms with E-state index in [1.165, 1.54) is 0 Å². The van der Waals surface area contributed by atoms with Gasteiger partial charge in [-0.15, -0.1) is 11.3 Å². The molecule has 0 saturated heterocycles. The Morgan fingerprint density at radius 2 is 2.38 bits per heavy atom. The summed E-state index contributed by atoms with van der Waals surface area (Å²) >= 11 is 7.50. The Morgan fingerprint density at radius 3 is 3.10 bits per heavy atom. The van der Waals surface area contributed by atoms with Gasteiger partial charge in [-0.05, 0) is 38.0 Å². The van der Waals surface area contributed by atoms with Crippen LogP contribution in [0.25, 0.3) is 10.6 Å². The van der Waals surface area contributed by atoms with E-state index in [1.54, 1.807) is 36.5 Å². The first-order chi connectivity index (χ1) is 10.1. The normalized spacial score (nSPS) is 16.8. The van der Waals surface area contributed by atoms with E-state index in [-0.39, 0.29) is 17.6 Å². The Bertz CT molecular complexity index is 698. The fourth-order valence-corrected chi connectivity index (χ4v) is 3.78. The smallest absolute Gasteiger partial charge is 0.315 e. The van der Waals surface area contributed by atoms with Gasteiger partial charge in [-0.2, -0.15) is 0 Å². The zero-order valence-corrected chi connectivity index (χ0v) is 13.0. The number of thiazole rings is 1. The second-order valence-corrected chi connectivity index (χ2v) is 6.33. The Kier molecular flexibility index (Phi) is 3.87. The van der Waals surface area contributed by atoms with Crippen LogP contribution in [0, 0.1) is 0 Å².